The highest BCUT2D eigenvalue weighted by atomic mass is 19.4. The van der Waals surface area contributed by atoms with Gasteiger partial charge in [0.15, 0.2) is 0 Å². The number of amides is 2. The zero-order valence-corrected chi connectivity index (χ0v) is 25.8. The molecular weight excluding hydrogens is 649 g/mol. The number of halogens is 7. The first-order valence-electron chi connectivity index (χ1n) is 15.1. The lowest BCUT2D eigenvalue weighted by Gasteiger charge is -2.37. The van der Waals surface area contributed by atoms with Crippen molar-refractivity contribution < 1.29 is 54.9 Å². The maximum absolute atomic E-state index is 13.9. The average Bonchev–Trinajstić information content (AvgIpc) is 3.53. The third-order valence-corrected chi connectivity index (χ3v) is 8.97. The SMILES string of the molecule is C[C@@H](O[C@H]1CC[C@@H]([C@@]2(O)C[C@@](C)(NC(=O)OCc3ccccc3)C(=O)N2)[C@@H]1c1ccc(F)cc1)c1cc(C(F)(F)F)cc(C(F)(F)F)c1. The Morgan fingerprint density at radius 3 is 2.17 bits per heavy atom. The van der Waals surface area contributed by atoms with Crippen LogP contribution in [-0.2, 0) is 33.2 Å². The second-order valence-electron chi connectivity index (χ2n) is 12.5. The molecule has 7 nitrogen and oxygen atoms in total. The lowest BCUT2D eigenvalue weighted by Crippen LogP contribution is -2.51. The van der Waals surface area contributed by atoms with Crippen molar-refractivity contribution >= 4 is 12.0 Å². The Labute approximate surface area is 271 Å². The molecule has 3 N–H and O–H groups in total. The topological polar surface area (TPSA) is 96.9 Å². The molecule has 1 saturated carbocycles. The van der Waals surface area contributed by atoms with Crippen LogP contribution in [-0.4, -0.2) is 34.5 Å². The van der Waals surface area contributed by atoms with Crippen molar-refractivity contribution in [2.45, 2.75) is 81.5 Å². The second-order valence-corrected chi connectivity index (χ2v) is 12.5. The van der Waals surface area contributed by atoms with Gasteiger partial charge in [-0.05, 0) is 73.7 Å². The van der Waals surface area contributed by atoms with Gasteiger partial charge in [-0.1, -0.05) is 42.5 Å². The van der Waals surface area contributed by atoms with Crippen LogP contribution in [0.25, 0.3) is 0 Å². The monoisotopic (exact) mass is 682 g/mol. The maximum Gasteiger partial charge on any atom is 0.416 e. The normalized spacial score (nSPS) is 26.6. The van der Waals surface area contributed by atoms with Gasteiger partial charge in [-0.2, -0.15) is 26.3 Å². The Morgan fingerprint density at radius 1 is 0.979 bits per heavy atom. The molecule has 3 aromatic rings. The first-order chi connectivity index (χ1) is 22.4. The van der Waals surface area contributed by atoms with Gasteiger partial charge in [-0.15, -0.1) is 0 Å². The molecular formula is C34H33F7N2O5. The van der Waals surface area contributed by atoms with Gasteiger partial charge in [-0.3, -0.25) is 4.79 Å². The molecule has 0 bridgehead atoms. The summed E-state index contributed by atoms with van der Waals surface area (Å²) in [6.07, 6.45) is -13.1. The molecule has 1 saturated heterocycles. The van der Waals surface area contributed by atoms with Crippen molar-refractivity contribution in [3.05, 3.63) is 106 Å². The van der Waals surface area contributed by atoms with Gasteiger partial charge in [0.1, 0.15) is 23.7 Å². The van der Waals surface area contributed by atoms with Crippen molar-refractivity contribution in [1.29, 1.82) is 0 Å². The van der Waals surface area contributed by atoms with Crippen molar-refractivity contribution in [2.75, 3.05) is 0 Å². The van der Waals surface area contributed by atoms with Crippen LogP contribution in [0.4, 0.5) is 35.5 Å². The van der Waals surface area contributed by atoms with E-state index in [-0.39, 0.29) is 37.5 Å². The van der Waals surface area contributed by atoms with E-state index in [0.717, 1.165) is 0 Å². The molecule has 5 rings (SSSR count). The van der Waals surface area contributed by atoms with Crippen LogP contribution in [0.1, 0.15) is 72.9 Å². The van der Waals surface area contributed by atoms with Crippen LogP contribution in [0.15, 0.2) is 72.8 Å². The fraction of sp³-hybridized carbons (Fsp3) is 0.412. The van der Waals surface area contributed by atoms with Crippen LogP contribution in [0.5, 0.6) is 0 Å². The van der Waals surface area contributed by atoms with E-state index in [1.807, 2.05) is 0 Å². The average molecular weight is 683 g/mol. The van der Waals surface area contributed by atoms with Gasteiger partial charge < -0.3 is 25.2 Å². The van der Waals surface area contributed by atoms with Crippen LogP contribution < -0.4 is 10.6 Å². The highest BCUT2D eigenvalue weighted by Crippen LogP contribution is 2.51. The number of benzene rings is 3. The number of carbonyl (C=O) groups is 2. The second kappa shape index (κ2) is 13.0. The molecule has 0 aromatic heterocycles. The molecule has 1 aliphatic heterocycles. The summed E-state index contributed by atoms with van der Waals surface area (Å²) < 4.78 is 107. The Kier molecular flexibility index (Phi) is 9.54. The zero-order valence-electron chi connectivity index (χ0n) is 25.8. The predicted octanol–water partition coefficient (Wildman–Crippen LogP) is 7.40. The van der Waals surface area contributed by atoms with E-state index < -0.39 is 76.6 Å². The fourth-order valence-corrected chi connectivity index (χ4v) is 6.64. The number of alkyl halides is 6. The first kappa shape index (κ1) is 35.1. The van der Waals surface area contributed by atoms with E-state index >= 15 is 0 Å². The third-order valence-electron chi connectivity index (χ3n) is 8.97. The highest BCUT2D eigenvalue weighted by molar-refractivity contribution is 5.92. The fourth-order valence-electron chi connectivity index (χ4n) is 6.64. The van der Waals surface area contributed by atoms with Crippen LogP contribution in [0.3, 0.4) is 0 Å². The Hall–Kier alpha value is -4.17. The molecule has 2 aliphatic rings. The van der Waals surface area contributed by atoms with E-state index in [1.54, 1.807) is 30.3 Å². The number of ether oxygens (including phenoxy) is 2. The number of aliphatic hydroxyl groups is 1. The van der Waals surface area contributed by atoms with E-state index in [2.05, 4.69) is 10.6 Å². The molecule has 0 unspecified atom stereocenters. The molecule has 2 amide bonds. The first-order valence-corrected chi connectivity index (χ1v) is 15.1. The number of hydrogen-bond acceptors (Lipinski definition) is 5. The predicted molar refractivity (Wildman–Crippen MR) is 157 cm³/mol. The molecule has 1 aliphatic carbocycles. The van der Waals surface area contributed by atoms with E-state index in [9.17, 15) is 45.4 Å². The van der Waals surface area contributed by atoms with Gasteiger partial charge in [0.2, 0.25) is 5.91 Å². The molecule has 0 spiro atoms. The largest absolute Gasteiger partial charge is 0.445 e. The zero-order chi connectivity index (χ0) is 35.1. The molecule has 0 radical (unpaired) electrons. The summed E-state index contributed by atoms with van der Waals surface area (Å²) in [5.41, 5.74) is -5.73. The van der Waals surface area contributed by atoms with Gasteiger partial charge in [0.25, 0.3) is 0 Å². The van der Waals surface area contributed by atoms with Crippen LogP contribution >= 0.6 is 0 Å². The van der Waals surface area contributed by atoms with Gasteiger partial charge in [0, 0.05) is 18.3 Å². The van der Waals surface area contributed by atoms with Crippen LogP contribution in [0, 0.1) is 11.7 Å². The van der Waals surface area contributed by atoms with Gasteiger partial charge in [0.05, 0.1) is 23.3 Å². The van der Waals surface area contributed by atoms with Crippen molar-refractivity contribution in [3.63, 3.8) is 0 Å². The number of carbonyl (C=O) groups excluding carboxylic acids is 2. The lowest BCUT2D eigenvalue weighted by atomic mass is 9.78. The summed E-state index contributed by atoms with van der Waals surface area (Å²) in [7, 11) is 0. The quantitative estimate of drug-likeness (QED) is 0.215. The van der Waals surface area contributed by atoms with E-state index in [1.165, 1.54) is 38.1 Å². The molecule has 6 atom stereocenters. The van der Waals surface area contributed by atoms with Crippen molar-refractivity contribution in [1.82, 2.24) is 10.6 Å². The number of nitrogens with one attached hydrogen (secondary N) is 2. The smallest absolute Gasteiger partial charge is 0.416 e. The molecule has 3 aromatic carbocycles. The Morgan fingerprint density at radius 2 is 1.58 bits per heavy atom. The van der Waals surface area contributed by atoms with Gasteiger partial charge >= 0.3 is 18.4 Å². The maximum atomic E-state index is 13.9. The minimum Gasteiger partial charge on any atom is -0.445 e. The Bertz CT molecular complexity index is 1600. The Balaban J connectivity index is 1.39. The molecule has 14 heteroatoms. The minimum absolute atomic E-state index is 0.0317. The van der Waals surface area contributed by atoms with Crippen molar-refractivity contribution in [3.8, 4) is 0 Å². The lowest BCUT2D eigenvalue weighted by molar-refractivity contribution is -0.143. The molecule has 2 fully saturated rings. The molecule has 1 heterocycles. The van der Waals surface area contributed by atoms with Gasteiger partial charge in [-0.25, -0.2) is 9.18 Å². The van der Waals surface area contributed by atoms with E-state index in [4.69, 9.17) is 9.47 Å². The summed E-state index contributed by atoms with van der Waals surface area (Å²) in [6, 6.07) is 15.2. The van der Waals surface area contributed by atoms with Crippen LogP contribution in [0.2, 0.25) is 0 Å². The summed E-state index contributed by atoms with van der Waals surface area (Å²) in [6.45, 7) is 2.66. The summed E-state index contributed by atoms with van der Waals surface area (Å²) in [4.78, 5) is 25.9. The number of alkyl carbamates (subject to hydrolysis) is 1. The summed E-state index contributed by atoms with van der Waals surface area (Å²) in [5.74, 6) is -2.89. The van der Waals surface area contributed by atoms with E-state index in [0.29, 0.717) is 23.3 Å². The standard InChI is InChI=1S/C34H33F7N2O5/c1-19(22-14-23(33(36,37)38)16-24(15-22)34(39,40)41)48-27-13-12-26(28(27)21-8-10-25(35)11-9-21)32(46)18-31(2,29(44)42-32)43-30(45)47-17-20-6-4-3-5-7-20/h3-11,14-16,19,26-28,46H,12-13,17-18H2,1-2H3,(H,42,44)(H,43,45)/t19-,26-,27+,28+,31-,32+/m1/s1. The summed E-state index contributed by atoms with van der Waals surface area (Å²) >= 11 is 0. The third kappa shape index (κ3) is 7.59. The number of rotatable bonds is 8. The molecule has 258 valence electrons. The minimum atomic E-state index is -5.05. The number of hydrogen-bond donors (Lipinski definition) is 3. The highest BCUT2D eigenvalue weighted by Gasteiger charge is 2.59. The summed E-state index contributed by atoms with van der Waals surface area (Å²) in [5, 5.41) is 17.0. The van der Waals surface area contributed by atoms with Crippen molar-refractivity contribution in [2.24, 2.45) is 5.92 Å². The molecule has 48 heavy (non-hydrogen) atoms.